The molecule has 0 aliphatic carbocycles. The van der Waals surface area contributed by atoms with Crippen LogP contribution in [0.2, 0.25) is 0 Å². The number of para-hydroxylation sites is 1. The number of hydrogen-bond acceptors (Lipinski definition) is 5. The van der Waals surface area contributed by atoms with Gasteiger partial charge in [-0.2, -0.15) is 0 Å². The Bertz CT molecular complexity index is 1600. The Hall–Kier alpha value is -2.93. The van der Waals surface area contributed by atoms with Crippen LogP contribution in [0.5, 0.6) is 0 Å². The standard InChI is InChI=1S/C29H26N2O2S2/c1-3-29(2)16-23-24(17-33-29)35-26-25(23)27(32)31(21-13-5-4-6-14-21)28(30-26)34-18-20-12-9-11-19-10-7-8-15-22(19)20/h4-15H,3,16-18H2,1-2H3/t29-/m1/s1. The maximum atomic E-state index is 14.1. The molecule has 1 aliphatic heterocycles. The summed E-state index contributed by atoms with van der Waals surface area (Å²) < 4.78 is 7.97. The van der Waals surface area contributed by atoms with Crippen molar-refractivity contribution in [3.05, 3.63) is 99.2 Å². The van der Waals surface area contributed by atoms with Crippen molar-refractivity contribution in [2.24, 2.45) is 0 Å². The van der Waals surface area contributed by atoms with Crippen molar-refractivity contribution in [1.82, 2.24) is 9.55 Å². The van der Waals surface area contributed by atoms with Crippen molar-refractivity contribution in [1.29, 1.82) is 0 Å². The van der Waals surface area contributed by atoms with Crippen molar-refractivity contribution in [3.63, 3.8) is 0 Å². The molecule has 5 aromatic rings. The van der Waals surface area contributed by atoms with E-state index in [1.54, 1.807) is 27.7 Å². The number of fused-ring (bicyclic) bond motifs is 4. The van der Waals surface area contributed by atoms with E-state index in [0.29, 0.717) is 6.61 Å². The van der Waals surface area contributed by atoms with Gasteiger partial charge in [0.05, 0.1) is 23.3 Å². The molecule has 4 nitrogen and oxygen atoms in total. The van der Waals surface area contributed by atoms with E-state index >= 15 is 0 Å². The third-order valence-electron chi connectivity index (χ3n) is 6.98. The minimum absolute atomic E-state index is 0.0134. The monoisotopic (exact) mass is 498 g/mol. The topological polar surface area (TPSA) is 44.1 Å². The summed E-state index contributed by atoms with van der Waals surface area (Å²) in [5, 5.41) is 3.94. The highest BCUT2D eigenvalue weighted by Crippen LogP contribution is 2.39. The number of hydrogen-bond donors (Lipinski definition) is 0. The number of nitrogens with zero attached hydrogens (tertiary/aromatic N) is 2. The fraction of sp³-hybridized carbons (Fsp3) is 0.241. The van der Waals surface area contributed by atoms with E-state index in [9.17, 15) is 4.79 Å². The summed E-state index contributed by atoms with van der Waals surface area (Å²) >= 11 is 3.22. The second-order valence-electron chi connectivity index (χ2n) is 9.25. The minimum Gasteiger partial charge on any atom is -0.369 e. The first kappa shape index (κ1) is 22.5. The Kier molecular flexibility index (Phi) is 5.75. The Morgan fingerprint density at radius 1 is 1.06 bits per heavy atom. The average Bonchev–Trinajstić information content (AvgIpc) is 3.25. The highest BCUT2D eigenvalue weighted by Gasteiger charge is 2.33. The molecular weight excluding hydrogens is 472 g/mol. The number of aromatic nitrogens is 2. The lowest BCUT2D eigenvalue weighted by Gasteiger charge is -2.32. The lowest BCUT2D eigenvalue weighted by atomic mass is 9.90. The van der Waals surface area contributed by atoms with Crippen LogP contribution >= 0.6 is 23.1 Å². The maximum absolute atomic E-state index is 14.1. The fourth-order valence-corrected chi connectivity index (χ4v) is 6.95. The summed E-state index contributed by atoms with van der Waals surface area (Å²) in [6.45, 7) is 4.82. The molecule has 6 heteroatoms. The zero-order valence-electron chi connectivity index (χ0n) is 19.8. The quantitative estimate of drug-likeness (QED) is 0.191. The van der Waals surface area contributed by atoms with Gasteiger partial charge < -0.3 is 4.74 Å². The van der Waals surface area contributed by atoms with Crippen LogP contribution < -0.4 is 5.56 Å². The summed E-state index contributed by atoms with van der Waals surface area (Å²) in [7, 11) is 0. The predicted molar refractivity (Wildman–Crippen MR) is 146 cm³/mol. The Balaban J connectivity index is 1.49. The van der Waals surface area contributed by atoms with Gasteiger partial charge in [0.2, 0.25) is 0 Å². The van der Waals surface area contributed by atoms with Gasteiger partial charge in [0, 0.05) is 17.1 Å². The van der Waals surface area contributed by atoms with E-state index in [1.165, 1.54) is 16.3 Å². The van der Waals surface area contributed by atoms with E-state index in [4.69, 9.17) is 9.72 Å². The molecule has 0 unspecified atom stereocenters. The molecule has 6 rings (SSSR count). The number of thioether (sulfide) groups is 1. The van der Waals surface area contributed by atoms with Crippen LogP contribution in [-0.2, 0) is 23.5 Å². The van der Waals surface area contributed by atoms with E-state index in [0.717, 1.165) is 50.1 Å². The predicted octanol–water partition coefficient (Wildman–Crippen LogP) is 7.13. The van der Waals surface area contributed by atoms with Crippen LogP contribution in [0, 0.1) is 0 Å². The molecule has 0 radical (unpaired) electrons. The van der Waals surface area contributed by atoms with Crippen LogP contribution in [0.15, 0.2) is 82.7 Å². The lowest BCUT2D eigenvalue weighted by molar-refractivity contribution is -0.0543. The van der Waals surface area contributed by atoms with Crippen LogP contribution in [0.1, 0.15) is 36.3 Å². The maximum Gasteiger partial charge on any atom is 0.267 e. The van der Waals surface area contributed by atoms with E-state index in [2.05, 4.69) is 56.3 Å². The number of rotatable bonds is 5. The van der Waals surface area contributed by atoms with Gasteiger partial charge in [0.15, 0.2) is 5.16 Å². The Morgan fingerprint density at radius 3 is 2.66 bits per heavy atom. The van der Waals surface area contributed by atoms with Crippen molar-refractivity contribution in [2.45, 2.75) is 49.8 Å². The van der Waals surface area contributed by atoms with E-state index < -0.39 is 0 Å². The van der Waals surface area contributed by atoms with E-state index in [1.807, 2.05) is 30.3 Å². The van der Waals surface area contributed by atoms with Crippen molar-refractivity contribution >= 4 is 44.1 Å². The molecular formula is C29H26N2O2S2. The third kappa shape index (κ3) is 3.99. The molecule has 0 spiro atoms. The average molecular weight is 499 g/mol. The molecule has 176 valence electrons. The van der Waals surface area contributed by atoms with Gasteiger partial charge in [0.25, 0.3) is 5.56 Å². The molecule has 3 heterocycles. The molecule has 2 aromatic heterocycles. The molecule has 0 fully saturated rings. The molecule has 1 aliphatic rings. The third-order valence-corrected chi connectivity index (χ3v) is 9.07. The zero-order valence-corrected chi connectivity index (χ0v) is 21.4. The lowest BCUT2D eigenvalue weighted by Crippen LogP contribution is -2.34. The van der Waals surface area contributed by atoms with Crippen LogP contribution in [0.25, 0.3) is 26.7 Å². The molecule has 0 N–H and O–H groups in total. The molecule has 0 amide bonds. The Morgan fingerprint density at radius 2 is 1.83 bits per heavy atom. The summed E-state index contributed by atoms with van der Waals surface area (Å²) in [6.07, 6.45) is 1.65. The van der Waals surface area contributed by atoms with Crippen LogP contribution in [-0.4, -0.2) is 15.2 Å². The summed E-state index contributed by atoms with van der Waals surface area (Å²) in [5.74, 6) is 0.730. The molecule has 0 saturated heterocycles. The van der Waals surface area contributed by atoms with E-state index in [-0.39, 0.29) is 11.2 Å². The van der Waals surface area contributed by atoms with Gasteiger partial charge in [-0.25, -0.2) is 4.98 Å². The fourth-order valence-electron chi connectivity index (χ4n) is 4.79. The van der Waals surface area contributed by atoms with Crippen molar-refractivity contribution in [2.75, 3.05) is 0 Å². The molecule has 3 aromatic carbocycles. The smallest absolute Gasteiger partial charge is 0.267 e. The first-order chi connectivity index (χ1) is 17.1. The summed E-state index contributed by atoms with van der Waals surface area (Å²) in [6, 6.07) is 24.7. The molecule has 35 heavy (non-hydrogen) atoms. The minimum atomic E-state index is -0.243. The number of ether oxygens (including phenoxy) is 1. The highest BCUT2D eigenvalue weighted by atomic mass is 32.2. The van der Waals surface area contributed by atoms with Crippen molar-refractivity contribution < 1.29 is 4.74 Å². The van der Waals surface area contributed by atoms with Crippen LogP contribution in [0.4, 0.5) is 0 Å². The van der Waals surface area contributed by atoms with Gasteiger partial charge in [-0.05, 0) is 47.4 Å². The molecule has 1 atom stereocenters. The van der Waals surface area contributed by atoms with Crippen molar-refractivity contribution in [3.8, 4) is 5.69 Å². The SMILES string of the molecule is CC[C@]1(C)Cc2c(sc3nc(SCc4cccc5ccccc45)n(-c4ccccc4)c(=O)c23)CO1. The normalized spacial score (nSPS) is 17.7. The molecule has 0 bridgehead atoms. The second-order valence-corrected chi connectivity index (χ2v) is 11.3. The highest BCUT2D eigenvalue weighted by molar-refractivity contribution is 7.98. The first-order valence-electron chi connectivity index (χ1n) is 11.9. The largest absolute Gasteiger partial charge is 0.369 e. The van der Waals surface area contributed by atoms with Gasteiger partial charge in [-0.15, -0.1) is 11.3 Å². The number of thiophene rings is 1. The van der Waals surface area contributed by atoms with Gasteiger partial charge >= 0.3 is 0 Å². The Labute approximate surface area is 212 Å². The molecule has 0 saturated carbocycles. The van der Waals surface area contributed by atoms with Gasteiger partial charge in [-0.3, -0.25) is 9.36 Å². The van der Waals surface area contributed by atoms with Crippen LogP contribution in [0.3, 0.4) is 0 Å². The number of benzene rings is 3. The first-order valence-corrected chi connectivity index (χ1v) is 13.7. The summed E-state index contributed by atoms with van der Waals surface area (Å²) in [5.41, 5.74) is 2.97. The van der Waals surface area contributed by atoms with Gasteiger partial charge in [-0.1, -0.05) is 79.3 Å². The second kappa shape index (κ2) is 8.94. The van der Waals surface area contributed by atoms with Gasteiger partial charge in [0.1, 0.15) is 4.83 Å². The zero-order chi connectivity index (χ0) is 24.0. The summed E-state index contributed by atoms with van der Waals surface area (Å²) in [4.78, 5) is 21.1.